The Morgan fingerprint density at radius 3 is 2.48 bits per heavy atom. The predicted octanol–water partition coefficient (Wildman–Crippen LogP) is 1.67. The molecular formula is C18H23N3O4. The number of ether oxygens (including phenoxy) is 2. The molecule has 2 aliphatic rings. The van der Waals surface area contributed by atoms with Crippen molar-refractivity contribution in [1.29, 1.82) is 0 Å². The number of methoxy groups -OCH3 is 1. The Morgan fingerprint density at radius 1 is 1.24 bits per heavy atom. The zero-order valence-electron chi connectivity index (χ0n) is 14.7. The van der Waals surface area contributed by atoms with Crippen molar-refractivity contribution in [2.75, 3.05) is 45.4 Å². The average Bonchev–Trinajstić information content (AvgIpc) is 2.66. The number of urea groups is 1. The van der Waals surface area contributed by atoms with Crippen LogP contribution in [0.25, 0.3) is 0 Å². The third-order valence-electron chi connectivity index (χ3n) is 4.76. The molecular weight excluding hydrogens is 322 g/mol. The summed E-state index contributed by atoms with van der Waals surface area (Å²) in [6, 6.07) is 7.14. The van der Waals surface area contributed by atoms with Crippen molar-refractivity contribution in [3.8, 4) is 0 Å². The van der Waals surface area contributed by atoms with E-state index in [1.54, 1.807) is 14.0 Å². The van der Waals surface area contributed by atoms with Crippen molar-refractivity contribution >= 4 is 17.7 Å². The summed E-state index contributed by atoms with van der Waals surface area (Å²) in [5.41, 5.74) is 2.99. The van der Waals surface area contributed by atoms with Crippen LogP contribution in [0.3, 0.4) is 0 Å². The Balaban J connectivity index is 1.90. The second kappa shape index (κ2) is 7.14. The number of benzene rings is 1. The molecule has 1 fully saturated rings. The van der Waals surface area contributed by atoms with Crippen molar-refractivity contribution in [2.45, 2.75) is 13.0 Å². The fourth-order valence-electron chi connectivity index (χ4n) is 3.16. The van der Waals surface area contributed by atoms with E-state index in [1.807, 2.05) is 24.3 Å². The molecule has 3 rings (SSSR count). The van der Waals surface area contributed by atoms with Crippen LogP contribution in [0.1, 0.15) is 18.5 Å². The molecule has 1 saturated heterocycles. The molecule has 1 aromatic rings. The first-order valence-corrected chi connectivity index (χ1v) is 8.29. The van der Waals surface area contributed by atoms with Crippen LogP contribution >= 0.6 is 0 Å². The van der Waals surface area contributed by atoms with Gasteiger partial charge in [0.2, 0.25) is 0 Å². The van der Waals surface area contributed by atoms with E-state index in [2.05, 4.69) is 10.2 Å². The maximum absolute atomic E-state index is 12.2. The Hall–Kier alpha value is -2.54. The minimum Gasteiger partial charge on any atom is -0.466 e. The molecule has 2 aliphatic heterocycles. The van der Waals surface area contributed by atoms with Crippen LogP contribution in [0.5, 0.6) is 0 Å². The molecule has 0 aromatic heterocycles. The lowest BCUT2D eigenvalue weighted by molar-refractivity contribution is -0.136. The molecule has 134 valence electrons. The summed E-state index contributed by atoms with van der Waals surface area (Å²) in [5, 5.41) is 2.87. The molecule has 0 spiro atoms. The van der Waals surface area contributed by atoms with Gasteiger partial charge in [-0.25, -0.2) is 9.59 Å². The van der Waals surface area contributed by atoms with Gasteiger partial charge in [0.15, 0.2) is 0 Å². The van der Waals surface area contributed by atoms with E-state index in [0.29, 0.717) is 11.3 Å². The largest absolute Gasteiger partial charge is 0.466 e. The first-order valence-electron chi connectivity index (χ1n) is 8.29. The molecule has 0 radical (unpaired) electrons. The summed E-state index contributed by atoms with van der Waals surface area (Å²) < 4.78 is 10.3. The van der Waals surface area contributed by atoms with Crippen molar-refractivity contribution < 1.29 is 19.1 Å². The molecule has 1 aromatic carbocycles. The van der Waals surface area contributed by atoms with Gasteiger partial charge >= 0.3 is 12.0 Å². The fourth-order valence-corrected chi connectivity index (χ4v) is 3.16. The van der Waals surface area contributed by atoms with E-state index in [4.69, 9.17) is 9.47 Å². The van der Waals surface area contributed by atoms with Gasteiger partial charge in [0.25, 0.3) is 0 Å². The topological polar surface area (TPSA) is 71.1 Å². The minimum atomic E-state index is -0.519. The summed E-state index contributed by atoms with van der Waals surface area (Å²) in [6.45, 7) is 4.91. The second-order valence-electron chi connectivity index (χ2n) is 6.12. The van der Waals surface area contributed by atoms with Gasteiger partial charge in [-0.05, 0) is 24.6 Å². The predicted molar refractivity (Wildman–Crippen MR) is 93.2 cm³/mol. The van der Waals surface area contributed by atoms with Crippen LogP contribution in [0.2, 0.25) is 0 Å². The maximum atomic E-state index is 12.2. The zero-order valence-corrected chi connectivity index (χ0v) is 14.7. The third kappa shape index (κ3) is 3.32. The number of nitrogens with zero attached hydrogens (tertiary/aromatic N) is 2. The number of anilines is 1. The highest BCUT2D eigenvalue weighted by molar-refractivity contribution is 5.94. The number of carbonyl (C=O) groups excluding carboxylic acids is 2. The normalized spacial score (nSPS) is 21.2. The van der Waals surface area contributed by atoms with Gasteiger partial charge in [0.05, 0.1) is 31.9 Å². The molecule has 0 saturated carbocycles. The lowest BCUT2D eigenvalue weighted by Crippen LogP contribution is -2.46. The summed E-state index contributed by atoms with van der Waals surface area (Å²) in [5.74, 6) is -0.438. The molecule has 1 atom stereocenters. The van der Waals surface area contributed by atoms with Gasteiger partial charge in [0.1, 0.15) is 0 Å². The van der Waals surface area contributed by atoms with Crippen LogP contribution in [0.4, 0.5) is 10.5 Å². The number of amides is 2. The molecule has 25 heavy (non-hydrogen) atoms. The lowest BCUT2D eigenvalue weighted by atomic mass is 9.95. The number of carbonyl (C=O) groups is 2. The molecule has 1 N–H and O–H groups in total. The number of nitrogens with one attached hydrogen (secondary N) is 1. The van der Waals surface area contributed by atoms with E-state index in [-0.39, 0.29) is 6.03 Å². The van der Waals surface area contributed by atoms with Gasteiger partial charge in [0, 0.05) is 31.5 Å². The highest BCUT2D eigenvalue weighted by atomic mass is 16.5. The average molecular weight is 345 g/mol. The monoisotopic (exact) mass is 345 g/mol. The van der Waals surface area contributed by atoms with Gasteiger partial charge in [-0.15, -0.1) is 0 Å². The van der Waals surface area contributed by atoms with Crippen LogP contribution < -0.4 is 10.2 Å². The lowest BCUT2D eigenvalue weighted by Gasteiger charge is -2.33. The van der Waals surface area contributed by atoms with Crippen molar-refractivity contribution in [3.05, 3.63) is 41.1 Å². The first kappa shape index (κ1) is 17.3. The Labute approximate surface area is 147 Å². The van der Waals surface area contributed by atoms with Crippen molar-refractivity contribution in [2.24, 2.45) is 0 Å². The molecule has 2 amide bonds. The van der Waals surface area contributed by atoms with Crippen LogP contribution in [0, 0.1) is 0 Å². The van der Waals surface area contributed by atoms with E-state index in [0.717, 1.165) is 37.6 Å². The summed E-state index contributed by atoms with van der Waals surface area (Å²) in [7, 11) is 2.98. The van der Waals surface area contributed by atoms with E-state index >= 15 is 0 Å². The van der Waals surface area contributed by atoms with E-state index in [9.17, 15) is 9.59 Å². The van der Waals surface area contributed by atoms with Gasteiger partial charge in [-0.2, -0.15) is 0 Å². The Morgan fingerprint density at radius 2 is 1.88 bits per heavy atom. The number of hydrogen-bond donors (Lipinski definition) is 1. The first-order chi connectivity index (χ1) is 12.0. The van der Waals surface area contributed by atoms with Crippen LogP contribution in [-0.2, 0) is 14.3 Å². The van der Waals surface area contributed by atoms with Gasteiger partial charge in [-0.1, -0.05) is 12.1 Å². The molecule has 7 heteroatoms. The van der Waals surface area contributed by atoms with Gasteiger partial charge in [-0.3, -0.25) is 0 Å². The molecule has 0 aliphatic carbocycles. The number of morpholine rings is 1. The standard InChI is InChI=1S/C18H23N3O4/c1-12-15(17(22)24-3)16(19-18(23)20(12)2)13-4-6-14(7-5-13)21-8-10-25-11-9-21/h4-7,16H,8-11H2,1-3H3,(H,19,23)/t16-/m0/s1. The Bertz CT molecular complexity index is 693. The van der Waals surface area contributed by atoms with Crippen molar-refractivity contribution in [3.63, 3.8) is 0 Å². The highest BCUT2D eigenvalue weighted by Gasteiger charge is 2.34. The SMILES string of the molecule is COC(=O)C1=C(C)N(C)C(=O)N[C@H]1c1ccc(N2CCOCC2)cc1. The number of esters is 1. The number of rotatable bonds is 3. The van der Waals surface area contributed by atoms with Gasteiger partial charge < -0.3 is 24.6 Å². The number of allylic oxidation sites excluding steroid dienone is 1. The quantitative estimate of drug-likeness (QED) is 0.844. The molecule has 0 unspecified atom stereocenters. The van der Waals surface area contributed by atoms with Crippen molar-refractivity contribution in [1.82, 2.24) is 10.2 Å². The minimum absolute atomic E-state index is 0.243. The molecule has 7 nitrogen and oxygen atoms in total. The Kier molecular flexibility index (Phi) is 4.94. The zero-order chi connectivity index (χ0) is 18.0. The molecule has 2 heterocycles. The summed E-state index contributed by atoms with van der Waals surface area (Å²) >= 11 is 0. The van der Waals surface area contributed by atoms with Crippen LogP contribution in [-0.4, -0.2) is 57.4 Å². The highest BCUT2D eigenvalue weighted by Crippen LogP contribution is 2.31. The van der Waals surface area contributed by atoms with Crippen LogP contribution in [0.15, 0.2) is 35.5 Å². The summed E-state index contributed by atoms with van der Waals surface area (Å²) in [6.07, 6.45) is 0. The second-order valence-corrected chi connectivity index (χ2v) is 6.12. The molecule has 0 bridgehead atoms. The maximum Gasteiger partial charge on any atom is 0.337 e. The summed E-state index contributed by atoms with van der Waals surface area (Å²) in [4.78, 5) is 28.1. The number of hydrogen-bond acceptors (Lipinski definition) is 5. The van der Waals surface area contributed by atoms with E-state index < -0.39 is 12.0 Å². The fraction of sp³-hybridized carbons (Fsp3) is 0.444. The van der Waals surface area contributed by atoms with E-state index in [1.165, 1.54) is 12.0 Å². The smallest absolute Gasteiger partial charge is 0.337 e. The third-order valence-corrected chi connectivity index (χ3v) is 4.76.